The molecule has 20 heavy (non-hydrogen) atoms. The predicted molar refractivity (Wildman–Crippen MR) is 83.6 cm³/mol. The van der Waals surface area contributed by atoms with Crippen molar-refractivity contribution in [1.82, 2.24) is 4.90 Å². The lowest BCUT2D eigenvalue weighted by atomic mass is 9.76. The third kappa shape index (κ3) is 2.77. The average Bonchev–Trinajstić information content (AvgIpc) is 2.95. The molecular weight excluding hydrogens is 264 g/mol. The van der Waals surface area contributed by atoms with Gasteiger partial charge in [-0.25, -0.2) is 0 Å². The summed E-state index contributed by atoms with van der Waals surface area (Å²) in [5.41, 5.74) is 1.51. The highest BCUT2D eigenvalue weighted by atomic mass is 32.1. The number of hydrogen-bond donors (Lipinski definition) is 0. The van der Waals surface area contributed by atoms with Crippen LogP contribution in [0.25, 0.3) is 0 Å². The Morgan fingerprint density at radius 2 is 2.35 bits per heavy atom. The van der Waals surface area contributed by atoms with Gasteiger partial charge in [-0.1, -0.05) is 19.8 Å². The molecule has 3 atom stereocenters. The number of thiophene rings is 1. The fourth-order valence-corrected chi connectivity index (χ4v) is 4.90. The van der Waals surface area contributed by atoms with Crippen LogP contribution in [0, 0.1) is 23.2 Å². The molecular formula is C17H24N2S. The molecule has 2 nitrogen and oxygen atoms in total. The first kappa shape index (κ1) is 14.1. The van der Waals surface area contributed by atoms with Gasteiger partial charge in [-0.3, -0.25) is 4.90 Å². The van der Waals surface area contributed by atoms with Crippen LogP contribution in [0.2, 0.25) is 0 Å². The van der Waals surface area contributed by atoms with Crippen LogP contribution in [0.1, 0.15) is 49.5 Å². The lowest BCUT2D eigenvalue weighted by Crippen LogP contribution is -2.46. The maximum Gasteiger partial charge on any atom is 0.0672 e. The number of fused-ring (bicyclic) bond motifs is 1. The molecule has 3 unspecified atom stereocenters. The molecule has 0 saturated heterocycles. The molecule has 1 aliphatic carbocycles. The highest BCUT2D eigenvalue weighted by Gasteiger charge is 2.35. The Kier molecular flexibility index (Phi) is 4.43. The van der Waals surface area contributed by atoms with E-state index in [1.807, 2.05) is 11.3 Å². The molecule has 1 aliphatic heterocycles. The molecule has 0 spiro atoms. The van der Waals surface area contributed by atoms with Crippen molar-refractivity contribution in [3.05, 3.63) is 21.9 Å². The van der Waals surface area contributed by atoms with E-state index in [-0.39, 0.29) is 5.92 Å². The van der Waals surface area contributed by atoms with Crippen molar-refractivity contribution < 1.29 is 0 Å². The first-order chi connectivity index (χ1) is 9.81. The van der Waals surface area contributed by atoms with E-state index in [9.17, 15) is 5.26 Å². The molecule has 0 bridgehead atoms. The smallest absolute Gasteiger partial charge is 0.0672 e. The summed E-state index contributed by atoms with van der Waals surface area (Å²) in [6.07, 6.45) is 7.42. The van der Waals surface area contributed by atoms with Crippen LogP contribution in [-0.2, 0) is 13.0 Å². The van der Waals surface area contributed by atoms with Gasteiger partial charge in [0, 0.05) is 24.0 Å². The molecule has 3 rings (SSSR count). The van der Waals surface area contributed by atoms with E-state index in [2.05, 4.69) is 29.3 Å². The van der Waals surface area contributed by atoms with Gasteiger partial charge in [-0.15, -0.1) is 11.3 Å². The Labute approximate surface area is 126 Å². The zero-order chi connectivity index (χ0) is 13.9. The molecule has 1 aromatic rings. The van der Waals surface area contributed by atoms with Crippen molar-refractivity contribution in [2.45, 2.75) is 58.0 Å². The monoisotopic (exact) mass is 288 g/mol. The fourth-order valence-electron chi connectivity index (χ4n) is 4.01. The topological polar surface area (TPSA) is 27.0 Å². The molecule has 0 radical (unpaired) electrons. The van der Waals surface area contributed by atoms with Gasteiger partial charge in [-0.05, 0) is 48.6 Å². The molecule has 2 heterocycles. The fraction of sp³-hybridized carbons (Fsp3) is 0.706. The van der Waals surface area contributed by atoms with Crippen molar-refractivity contribution in [3.8, 4) is 6.07 Å². The van der Waals surface area contributed by atoms with E-state index >= 15 is 0 Å². The number of nitriles is 1. The van der Waals surface area contributed by atoms with Crippen LogP contribution in [0.15, 0.2) is 11.4 Å². The van der Waals surface area contributed by atoms with E-state index in [1.54, 1.807) is 4.88 Å². The van der Waals surface area contributed by atoms with Gasteiger partial charge in [0.05, 0.1) is 12.0 Å². The van der Waals surface area contributed by atoms with E-state index in [0.717, 1.165) is 25.4 Å². The van der Waals surface area contributed by atoms with E-state index < -0.39 is 0 Å². The molecule has 1 fully saturated rings. The van der Waals surface area contributed by atoms with Crippen molar-refractivity contribution in [3.63, 3.8) is 0 Å². The summed E-state index contributed by atoms with van der Waals surface area (Å²) in [5.74, 6) is 1.10. The van der Waals surface area contributed by atoms with Gasteiger partial charge >= 0.3 is 0 Å². The van der Waals surface area contributed by atoms with Crippen LogP contribution >= 0.6 is 11.3 Å². The molecule has 0 N–H and O–H groups in total. The first-order valence-corrected chi connectivity index (χ1v) is 8.88. The van der Waals surface area contributed by atoms with Crippen molar-refractivity contribution in [2.75, 3.05) is 6.54 Å². The normalized spacial score (nSPS) is 30.7. The zero-order valence-corrected chi connectivity index (χ0v) is 13.2. The summed E-state index contributed by atoms with van der Waals surface area (Å²) >= 11 is 1.90. The maximum atomic E-state index is 9.49. The number of nitrogens with zero attached hydrogens (tertiary/aromatic N) is 2. The Bertz CT molecular complexity index is 487. The highest BCUT2D eigenvalue weighted by molar-refractivity contribution is 7.10. The van der Waals surface area contributed by atoms with Crippen LogP contribution in [0.4, 0.5) is 0 Å². The molecule has 0 amide bonds. The second-order valence-electron chi connectivity index (χ2n) is 6.36. The third-order valence-electron chi connectivity index (χ3n) is 5.09. The standard InChI is InChI=1S/C17H24N2S/c1-2-3-13-4-5-14(11-18)16(10-13)19-8-6-17-15(12-19)7-9-20-17/h7,9,13-14,16H,2-6,8,10,12H2,1H3. The van der Waals surface area contributed by atoms with Gasteiger partial charge < -0.3 is 0 Å². The quantitative estimate of drug-likeness (QED) is 0.833. The summed E-state index contributed by atoms with van der Waals surface area (Å²) in [6, 6.07) is 5.37. The minimum absolute atomic E-state index is 0.253. The van der Waals surface area contributed by atoms with Crippen LogP contribution in [-0.4, -0.2) is 17.5 Å². The minimum Gasteiger partial charge on any atom is -0.294 e. The third-order valence-corrected chi connectivity index (χ3v) is 6.12. The second kappa shape index (κ2) is 6.28. The molecule has 0 aromatic carbocycles. The summed E-state index contributed by atoms with van der Waals surface area (Å²) in [6.45, 7) is 4.50. The average molecular weight is 288 g/mol. The largest absolute Gasteiger partial charge is 0.294 e. The maximum absolute atomic E-state index is 9.49. The predicted octanol–water partition coefficient (Wildman–Crippen LogP) is 4.21. The minimum atomic E-state index is 0.253. The molecule has 1 aromatic heterocycles. The van der Waals surface area contributed by atoms with Gasteiger partial charge in [0.2, 0.25) is 0 Å². The molecule has 2 aliphatic rings. The number of rotatable bonds is 3. The lowest BCUT2D eigenvalue weighted by Gasteiger charge is -2.42. The summed E-state index contributed by atoms with van der Waals surface area (Å²) in [5, 5.41) is 11.7. The van der Waals surface area contributed by atoms with Crippen molar-refractivity contribution in [2.24, 2.45) is 11.8 Å². The summed E-state index contributed by atoms with van der Waals surface area (Å²) < 4.78 is 0. The van der Waals surface area contributed by atoms with Crippen LogP contribution in [0.3, 0.4) is 0 Å². The first-order valence-electron chi connectivity index (χ1n) is 8.00. The SMILES string of the molecule is CCCC1CCC(C#N)C(N2CCc3sccc3C2)C1. The number of hydrogen-bond acceptors (Lipinski definition) is 3. The molecule has 1 saturated carbocycles. The molecule has 108 valence electrons. The van der Waals surface area contributed by atoms with E-state index in [4.69, 9.17) is 0 Å². The lowest BCUT2D eigenvalue weighted by molar-refractivity contribution is 0.0872. The van der Waals surface area contributed by atoms with Gasteiger partial charge in [0.25, 0.3) is 0 Å². The van der Waals surface area contributed by atoms with E-state index in [1.165, 1.54) is 37.7 Å². The Morgan fingerprint density at radius 3 is 3.15 bits per heavy atom. The van der Waals surface area contributed by atoms with Crippen LogP contribution < -0.4 is 0 Å². The van der Waals surface area contributed by atoms with Crippen molar-refractivity contribution >= 4 is 11.3 Å². The summed E-state index contributed by atoms with van der Waals surface area (Å²) in [7, 11) is 0. The Balaban J connectivity index is 1.72. The van der Waals surface area contributed by atoms with Gasteiger partial charge in [0.15, 0.2) is 0 Å². The van der Waals surface area contributed by atoms with Gasteiger partial charge in [0.1, 0.15) is 0 Å². The van der Waals surface area contributed by atoms with Gasteiger partial charge in [-0.2, -0.15) is 5.26 Å². The van der Waals surface area contributed by atoms with Crippen LogP contribution in [0.5, 0.6) is 0 Å². The zero-order valence-electron chi connectivity index (χ0n) is 12.3. The van der Waals surface area contributed by atoms with E-state index in [0.29, 0.717) is 6.04 Å². The Hall–Kier alpha value is -0.850. The second-order valence-corrected chi connectivity index (χ2v) is 7.36. The molecule has 3 heteroatoms. The Morgan fingerprint density at radius 1 is 1.45 bits per heavy atom. The highest BCUT2D eigenvalue weighted by Crippen LogP contribution is 2.37. The summed E-state index contributed by atoms with van der Waals surface area (Å²) in [4.78, 5) is 4.17. The van der Waals surface area contributed by atoms with Crippen molar-refractivity contribution in [1.29, 1.82) is 5.26 Å².